The Kier molecular flexibility index (Phi) is 4.80. The van der Waals surface area contributed by atoms with Crippen molar-refractivity contribution in [3.63, 3.8) is 0 Å². The Hall–Kier alpha value is -1.65. The maximum Gasteiger partial charge on any atom is 0.130 e. The molecular formula is C16H20ClN3O. The lowest BCUT2D eigenvalue weighted by atomic mass is 9.96. The lowest BCUT2D eigenvalue weighted by Gasteiger charge is -2.25. The van der Waals surface area contributed by atoms with E-state index in [2.05, 4.69) is 15.3 Å². The van der Waals surface area contributed by atoms with Crippen LogP contribution in [0.15, 0.2) is 30.3 Å². The molecule has 1 aromatic carbocycles. The molecule has 2 N–H and O–H groups in total. The van der Waals surface area contributed by atoms with Gasteiger partial charge in [-0.05, 0) is 26.3 Å². The first-order valence-corrected chi connectivity index (χ1v) is 7.36. The number of anilines is 1. The van der Waals surface area contributed by atoms with Gasteiger partial charge in [-0.25, -0.2) is 9.97 Å². The third kappa shape index (κ3) is 3.93. The number of benzene rings is 1. The van der Waals surface area contributed by atoms with Gasteiger partial charge in [0, 0.05) is 28.9 Å². The van der Waals surface area contributed by atoms with E-state index >= 15 is 0 Å². The molecule has 1 atom stereocenters. The third-order valence-corrected chi connectivity index (χ3v) is 3.65. The number of nitrogens with zero attached hydrogens (tertiary/aromatic N) is 2. The standard InChI is InChI=1S/C16H20ClN3O/c1-4-12-9-15(20-11(2)19-12)18-10-16(3,21)13-7-5-6-8-14(13)17/h5-9,21H,4,10H2,1-3H3,(H,18,19,20). The number of hydrogen-bond donors (Lipinski definition) is 2. The minimum absolute atomic E-state index is 0.316. The highest BCUT2D eigenvalue weighted by molar-refractivity contribution is 6.31. The van der Waals surface area contributed by atoms with Crippen molar-refractivity contribution in [1.82, 2.24) is 9.97 Å². The van der Waals surface area contributed by atoms with E-state index in [1.165, 1.54) is 0 Å². The Labute approximate surface area is 130 Å². The summed E-state index contributed by atoms with van der Waals surface area (Å²) in [6, 6.07) is 9.20. The van der Waals surface area contributed by atoms with Crippen LogP contribution in [0, 0.1) is 6.92 Å². The summed E-state index contributed by atoms with van der Waals surface area (Å²) < 4.78 is 0. The first-order valence-electron chi connectivity index (χ1n) is 6.98. The Balaban J connectivity index is 2.15. The van der Waals surface area contributed by atoms with Crippen LogP contribution in [0.5, 0.6) is 0 Å². The fourth-order valence-corrected chi connectivity index (χ4v) is 2.50. The lowest BCUT2D eigenvalue weighted by molar-refractivity contribution is 0.0715. The molecule has 1 unspecified atom stereocenters. The maximum absolute atomic E-state index is 10.6. The number of aliphatic hydroxyl groups is 1. The highest BCUT2D eigenvalue weighted by Crippen LogP contribution is 2.28. The summed E-state index contributed by atoms with van der Waals surface area (Å²) in [5.41, 5.74) is 0.590. The van der Waals surface area contributed by atoms with Crippen molar-refractivity contribution in [2.75, 3.05) is 11.9 Å². The van der Waals surface area contributed by atoms with Crippen LogP contribution < -0.4 is 5.32 Å². The Morgan fingerprint density at radius 2 is 2.00 bits per heavy atom. The molecule has 112 valence electrons. The molecule has 2 rings (SSSR count). The fourth-order valence-electron chi connectivity index (χ4n) is 2.16. The summed E-state index contributed by atoms with van der Waals surface area (Å²) in [7, 11) is 0. The monoisotopic (exact) mass is 305 g/mol. The summed E-state index contributed by atoms with van der Waals surface area (Å²) in [6.07, 6.45) is 0.846. The Bertz CT molecular complexity index is 629. The largest absolute Gasteiger partial charge is 0.384 e. The molecular weight excluding hydrogens is 286 g/mol. The molecule has 21 heavy (non-hydrogen) atoms. The highest BCUT2D eigenvalue weighted by Gasteiger charge is 2.25. The quantitative estimate of drug-likeness (QED) is 0.889. The van der Waals surface area contributed by atoms with Gasteiger partial charge >= 0.3 is 0 Å². The van der Waals surface area contributed by atoms with Crippen LogP contribution in [0.2, 0.25) is 5.02 Å². The minimum atomic E-state index is -1.08. The van der Waals surface area contributed by atoms with Crippen molar-refractivity contribution >= 4 is 17.4 Å². The topological polar surface area (TPSA) is 58.0 Å². The SMILES string of the molecule is CCc1cc(NCC(C)(O)c2ccccc2Cl)nc(C)n1. The molecule has 0 saturated carbocycles. The molecule has 0 bridgehead atoms. The molecule has 0 fully saturated rings. The van der Waals surface area contributed by atoms with Crippen LogP contribution in [0.4, 0.5) is 5.82 Å². The van der Waals surface area contributed by atoms with E-state index in [0.717, 1.165) is 12.1 Å². The second-order valence-electron chi connectivity index (χ2n) is 5.25. The summed E-state index contributed by atoms with van der Waals surface area (Å²) in [5.74, 6) is 1.43. The van der Waals surface area contributed by atoms with Gasteiger partial charge in [-0.2, -0.15) is 0 Å². The van der Waals surface area contributed by atoms with Gasteiger partial charge < -0.3 is 10.4 Å². The highest BCUT2D eigenvalue weighted by atomic mass is 35.5. The van der Waals surface area contributed by atoms with Crippen LogP contribution in [-0.2, 0) is 12.0 Å². The number of aromatic nitrogens is 2. The number of halogens is 1. The molecule has 0 amide bonds. The zero-order valence-corrected chi connectivity index (χ0v) is 13.3. The van der Waals surface area contributed by atoms with Gasteiger partial charge in [0.05, 0.1) is 0 Å². The second-order valence-corrected chi connectivity index (χ2v) is 5.66. The van der Waals surface area contributed by atoms with E-state index in [9.17, 15) is 5.11 Å². The van der Waals surface area contributed by atoms with E-state index in [0.29, 0.717) is 28.8 Å². The number of hydrogen-bond acceptors (Lipinski definition) is 4. The summed E-state index contributed by atoms with van der Waals surface area (Å²) in [4.78, 5) is 8.67. The van der Waals surface area contributed by atoms with Crippen LogP contribution >= 0.6 is 11.6 Å². The van der Waals surface area contributed by atoms with Gasteiger partial charge in [-0.15, -0.1) is 0 Å². The van der Waals surface area contributed by atoms with E-state index in [4.69, 9.17) is 11.6 Å². The predicted octanol–water partition coefficient (Wildman–Crippen LogP) is 3.32. The Morgan fingerprint density at radius 1 is 1.29 bits per heavy atom. The predicted molar refractivity (Wildman–Crippen MR) is 85.7 cm³/mol. The van der Waals surface area contributed by atoms with Gasteiger partial charge in [0.25, 0.3) is 0 Å². The van der Waals surface area contributed by atoms with Crippen molar-refractivity contribution < 1.29 is 5.11 Å². The molecule has 0 aliphatic rings. The van der Waals surface area contributed by atoms with Crippen molar-refractivity contribution in [1.29, 1.82) is 0 Å². The molecule has 2 aromatic rings. The van der Waals surface area contributed by atoms with Gasteiger partial charge in [0.2, 0.25) is 0 Å². The average molecular weight is 306 g/mol. The van der Waals surface area contributed by atoms with Crippen LogP contribution in [0.3, 0.4) is 0 Å². The van der Waals surface area contributed by atoms with Crippen molar-refractivity contribution in [2.24, 2.45) is 0 Å². The molecule has 5 heteroatoms. The molecule has 0 radical (unpaired) electrons. The zero-order valence-electron chi connectivity index (χ0n) is 12.5. The van der Waals surface area contributed by atoms with E-state index in [1.807, 2.05) is 38.1 Å². The van der Waals surface area contributed by atoms with Gasteiger partial charge in [0.1, 0.15) is 17.2 Å². The smallest absolute Gasteiger partial charge is 0.130 e. The van der Waals surface area contributed by atoms with Crippen LogP contribution in [0.1, 0.15) is 30.9 Å². The number of rotatable bonds is 5. The normalized spacial score (nSPS) is 13.8. The minimum Gasteiger partial charge on any atom is -0.384 e. The molecule has 0 spiro atoms. The fraction of sp³-hybridized carbons (Fsp3) is 0.375. The summed E-state index contributed by atoms with van der Waals surface area (Å²) in [5, 5.41) is 14.4. The van der Waals surface area contributed by atoms with Crippen LogP contribution in [-0.4, -0.2) is 21.6 Å². The molecule has 1 heterocycles. The third-order valence-electron chi connectivity index (χ3n) is 3.32. The molecule has 0 aliphatic heterocycles. The van der Waals surface area contributed by atoms with Crippen molar-refractivity contribution in [3.8, 4) is 0 Å². The zero-order chi connectivity index (χ0) is 15.5. The first kappa shape index (κ1) is 15.7. The maximum atomic E-state index is 10.6. The van der Waals surface area contributed by atoms with Gasteiger partial charge in [-0.3, -0.25) is 0 Å². The lowest BCUT2D eigenvalue weighted by Crippen LogP contribution is -2.31. The van der Waals surface area contributed by atoms with Crippen molar-refractivity contribution in [2.45, 2.75) is 32.8 Å². The molecule has 4 nitrogen and oxygen atoms in total. The molecule has 0 saturated heterocycles. The average Bonchev–Trinajstić information content (AvgIpc) is 2.45. The first-order chi connectivity index (χ1) is 9.92. The Morgan fingerprint density at radius 3 is 2.67 bits per heavy atom. The van der Waals surface area contributed by atoms with Crippen molar-refractivity contribution in [3.05, 3.63) is 52.4 Å². The van der Waals surface area contributed by atoms with Crippen LogP contribution in [0.25, 0.3) is 0 Å². The van der Waals surface area contributed by atoms with E-state index in [1.54, 1.807) is 13.0 Å². The second kappa shape index (κ2) is 6.41. The molecule has 0 aliphatic carbocycles. The molecule has 1 aromatic heterocycles. The van der Waals surface area contributed by atoms with Gasteiger partial charge in [-0.1, -0.05) is 36.7 Å². The number of nitrogens with one attached hydrogen (secondary N) is 1. The van der Waals surface area contributed by atoms with Gasteiger partial charge in [0.15, 0.2) is 0 Å². The van der Waals surface area contributed by atoms with E-state index < -0.39 is 5.60 Å². The summed E-state index contributed by atoms with van der Waals surface area (Å²) >= 11 is 6.15. The number of aryl methyl sites for hydroxylation is 2. The van der Waals surface area contributed by atoms with E-state index in [-0.39, 0.29) is 0 Å². The summed E-state index contributed by atoms with van der Waals surface area (Å²) in [6.45, 7) is 5.95.